The lowest BCUT2D eigenvalue weighted by molar-refractivity contribution is -0.119. The number of hydrogen-bond donors (Lipinski definition) is 1. The number of nitrogens with one attached hydrogen (secondary N) is 1. The van der Waals surface area contributed by atoms with Gasteiger partial charge in [0.25, 0.3) is 0 Å². The summed E-state index contributed by atoms with van der Waals surface area (Å²) < 4.78 is 0. The molecule has 4 heteroatoms. The Bertz CT molecular complexity index is 919. The van der Waals surface area contributed by atoms with Gasteiger partial charge in [0, 0.05) is 29.2 Å². The molecule has 0 aliphatic heterocycles. The summed E-state index contributed by atoms with van der Waals surface area (Å²) >= 11 is 6.24. The van der Waals surface area contributed by atoms with E-state index in [2.05, 4.69) is 56.7 Å². The number of rotatable bonds is 5. The second-order valence-electron chi connectivity index (χ2n) is 9.07. The summed E-state index contributed by atoms with van der Waals surface area (Å²) in [4.78, 5) is 4.38. The van der Waals surface area contributed by atoms with Gasteiger partial charge in [0.05, 0.1) is 10.6 Å². The quantitative estimate of drug-likeness (QED) is 0.701. The zero-order chi connectivity index (χ0) is 20.7. The first-order chi connectivity index (χ1) is 13.1. The summed E-state index contributed by atoms with van der Waals surface area (Å²) in [6, 6.07) is 12.3. The standard InChI is InChI=1S/C24H28ClN3/c1-15-7-9-19(14-27-15)16(2)28-22-23(3,4)21(24(22,5)6)12-17-8-10-18(13-26)20(25)11-17/h7-11,14,21-22,28H,2,12H2,1,3-6H3. The van der Waals surface area contributed by atoms with Crippen LogP contribution in [0.3, 0.4) is 0 Å². The Labute approximate surface area is 173 Å². The SMILES string of the molecule is C=C(NC1C(C)(C)C(Cc2ccc(C#N)c(Cl)c2)C1(C)C)c1ccc(C)nc1. The highest BCUT2D eigenvalue weighted by Gasteiger charge is 2.61. The molecule has 0 saturated heterocycles. The molecule has 146 valence electrons. The highest BCUT2D eigenvalue weighted by atomic mass is 35.5. The van der Waals surface area contributed by atoms with Crippen LogP contribution in [0.15, 0.2) is 43.1 Å². The van der Waals surface area contributed by atoms with Crippen LogP contribution in [0.2, 0.25) is 5.02 Å². The van der Waals surface area contributed by atoms with Crippen molar-refractivity contribution in [2.45, 2.75) is 47.1 Å². The zero-order valence-corrected chi connectivity index (χ0v) is 18.1. The average Bonchev–Trinajstić information content (AvgIpc) is 2.64. The zero-order valence-electron chi connectivity index (χ0n) is 17.3. The molecule has 1 aromatic heterocycles. The van der Waals surface area contributed by atoms with Crippen LogP contribution in [0, 0.1) is 35.0 Å². The smallest absolute Gasteiger partial charge is 0.101 e. The largest absolute Gasteiger partial charge is 0.381 e. The van der Waals surface area contributed by atoms with E-state index in [-0.39, 0.29) is 10.8 Å². The fourth-order valence-corrected chi connectivity index (χ4v) is 5.28. The molecule has 0 bridgehead atoms. The lowest BCUT2D eigenvalue weighted by Crippen LogP contribution is -2.69. The van der Waals surface area contributed by atoms with Gasteiger partial charge in [0.15, 0.2) is 0 Å². The van der Waals surface area contributed by atoms with Gasteiger partial charge in [-0.05, 0) is 59.9 Å². The lowest BCUT2D eigenvalue weighted by atomic mass is 9.43. The van der Waals surface area contributed by atoms with Gasteiger partial charge in [-0.3, -0.25) is 4.98 Å². The molecule has 3 rings (SSSR count). The van der Waals surface area contributed by atoms with E-state index in [1.807, 2.05) is 37.4 Å². The molecule has 3 nitrogen and oxygen atoms in total. The van der Waals surface area contributed by atoms with Crippen molar-refractivity contribution >= 4 is 17.3 Å². The summed E-state index contributed by atoms with van der Waals surface area (Å²) in [5, 5.41) is 13.3. The summed E-state index contributed by atoms with van der Waals surface area (Å²) in [6.07, 6.45) is 2.81. The van der Waals surface area contributed by atoms with Crippen molar-refractivity contribution in [2.24, 2.45) is 16.7 Å². The molecule has 0 atom stereocenters. The Balaban J connectivity index is 1.76. The summed E-state index contributed by atoms with van der Waals surface area (Å²) in [6.45, 7) is 15.5. The number of benzene rings is 1. The second kappa shape index (κ2) is 7.26. The fourth-order valence-electron chi connectivity index (χ4n) is 5.04. The van der Waals surface area contributed by atoms with E-state index in [0.29, 0.717) is 22.5 Å². The molecule has 0 spiro atoms. The maximum Gasteiger partial charge on any atom is 0.101 e. The Kier molecular flexibility index (Phi) is 5.30. The fraction of sp³-hybridized carbons (Fsp3) is 0.417. The third-order valence-corrected chi connectivity index (χ3v) is 6.77. The van der Waals surface area contributed by atoms with Gasteiger partial charge in [-0.2, -0.15) is 5.26 Å². The molecular formula is C24H28ClN3. The van der Waals surface area contributed by atoms with Crippen LogP contribution in [0.25, 0.3) is 5.70 Å². The van der Waals surface area contributed by atoms with Crippen LogP contribution in [-0.2, 0) is 6.42 Å². The molecule has 1 saturated carbocycles. The maximum absolute atomic E-state index is 9.09. The predicted octanol–water partition coefficient (Wildman–Crippen LogP) is 5.77. The number of hydrogen-bond acceptors (Lipinski definition) is 3. The van der Waals surface area contributed by atoms with E-state index >= 15 is 0 Å². The van der Waals surface area contributed by atoms with Crippen molar-refractivity contribution in [1.29, 1.82) is 5.26 Å². The van der Waals surface area contributed by atoms with Crippen molar-refractivity contribution in [1.82, 2.24) is 10.3 Å². The number of aromatic nitrogens is 1. The number of nitrogens with zero attached hydrogens (tertiary/aromatic N) is 2. The molecular weight excluding hydrogens is 366 g/mol. The van der Waals surface area contributed by atoms with Crippen molar-refractivity contribution in [3.8, 4) is 6.07 Å². The summed E-state index contributed by atoms with van der Waals surface area (Å²) in [5.74, 6) is 0.477. The van der Waals surface area contributed by atoms with Gasteiger partial charge < -0.3 is 5.32 Å². The van der Waals surface area contributed by atoms with E-state index in [0.717, 1.165) is 23.4 Å². The molecule has 28 heavy (non-hydrogen) atoms. The molecule has 1 fully saturated rings. The van der Waals surface area contributed by atoms with Crippen molar-refractivity contribution in [2.75, 3.05) is 0 Å². The predicted molar refractivity (Wildman–Crippen MR) is 116 cm³/mol. The third kappa shape index (κ3) is 3.54. The minimum absolute atomic E-state index is 0.0882. The van der Waals surface area contributed by atoms with Gasteiger partial charge in [0.1, 0.15) is 6.07 Å². The minimum atomic E-state index is 0.0882. The van der Waals surface area contributed by atoms with Crippen molar-refractivity contribution < 1.29 is 0 Å². The Morgan fingerprint density at radius 2 is 1.89 bits per heavy atom. The van der Waals surface area contributed by atoms with Crippen LogP contribution >= 0.6 is 11.6 Å². The van der Waals surface area contributed by atoms with Crippen LogP contribution < -0.4 is 5.32 Å². The Morgan fingerprint density at radius 1 is 1.21 bits per heavy atom. The second-order valence-corrected chi connectivity index (χ2v) is 9.48. The Hall–Kier alpha value is -2.31. The molecule has 0 radical (unpaired) electrons. The summed E-state index contributed by atoms with van der Waals surface area (Å²) in [5.41, 5.74) is 4.82. The van der Waals surface area contributed by atoms with E-state index in [4.69, 9.17) is 16.9 Å². The number of aryl methyl sites for hydroxylation is 1. The first kappa shape index (κ1) is 20.4. The van der Waals surface area contributed by atoms with Gasteiger partial charge >= 0.3 is 0 Å². The monoisotopic (exact) mass is 393 g/mol. The van der Waals surface area contributed by atoms with Crippen molar-refractivity contribution in [3.63, 3.8) is 0 Å². The minimum Gasteiger partial charge on any atom is -0.381 e. The lowest BCUT2D eigenvalue weighted by Gasteiger charge is -2.65. The maximum atomic E-state index is 9.09. The number of pyridine rings is 1. The van der Waals surface area contributed by atoms with E-state index < -0.39 is 0 Å². The normalized spacial score (nSPS) is 22.0. The topological polar surface area (TPSA) is 48.7 Å². The number of halogens is 1. The van der Waals surface area contributed by atoms with E-state index in [9.17, 15) is 0 Å². The number of nitriles is 1. The first-order valence-corrected chi connectivity index (χ1v) is 10.0. The molecule has 1 aliphatic rings. The highest BCUT2D eigenvalue weighted by Crippen LogP contribution is 2.60. The van der Waals surface area contributed by atoms with Gasteiger partial charge in [-0.25, -0.2) is 0 Å². The van der Waals surface area contributed by atoms with E-state index in [1.54, 1.807) is 0 Å². The van der Waals surface area contributed by atoms with Gasteiger partial charge in [-0.1, -0.05) is 51.9 Å². The highest BCUT2D eigenvalue weighted by molar-refractivity contribution is 6.31. The molecule has 1 heterocycles. The summed E-state index contributed by atoms with van der Waals surface area (Å²) in [7, 11) is 0. The molecule has 2 aromatic rings. The molecule has 0 amide bonds. The van der Waals surface area contributed by atoms with Gasteiger partial charge in [-0.15, -0.1) is 0 Å². The average molecular weight is 394 g/mol. The van der Waals surface area contributed by atoms with E-state index in [1.165, 1.54) is 5.56 Å². The van der Waals surface area contributed by atoms with Crippen LogP contribution in [-0.4, -0.2) is 11.0 Å². The van der Waals surface area contributed by atoms with Crippen LogP contribution in [0.1, 0.15) is 50.1 Å². The van der Waals surface area contributed by atoms with Crippen LogP contribution in [0.5, 0.6) is 0 Å². The Morgan fingerprint density at radius 3 is 2.43 bits per heavy atom. The molecule has 1 aliphatic carbocycles. The molecule has 1 aromatic carbocycles. The third-order valence-electron chi connectivity index (χ3n) is 6.46. The first-order valence-electron chi connectivity index (χ1n) is 9.64. The molecule has 0 unspecified atom stereocenters. The molecule has 1 N–H and O–H groups in total. The van der Waals surface area contributed by atoms with Crippen molar-refractivity contribution in [3.05, 3.63) is 70.5 Å². The van der Waals surface area contributed by atoms with Gasteiger partial charge in [0.2, 0.25) is 0 Å². The van der Waals surface area contributed by atoms with Crippen LogP contribution in [0.4, 0.5) is 0 Å².